The van der Waals surface area contributed by atoms with E-state index in [0.717, 1.165) is 11.0 Å². The van der Waals surface area contributed by atoms with Crippen LogP contribution in [0, 0.1) is 10.1 Å². The van der Waals surface area contributed by atoms with E-state index < -0.39 is 48.2 Å². The van der Waals surface area contributed by atoms with E-state index in [9.17, 15) is 32.9 Å². The van der Waals surface area contributed by atoms with Gasteiger partial charge in [-0.2, -0.15) is 13.2 Å². The van der Waals surface area contributed by atoms with Gasteiger partial charge in [-0.3, -0.25) is 24.6 Å². The van der Waals surface area contributed by atoms with Gasteiger partial charge in [0, 0.05) is 28.5 Å². The minimum Gasteiger partial charge on any atom is -0.327 e. The number of hydrogen-bond donors (Lipinski definition) is 0. The Morgan fingerprint density at radius 3 is 2.30 bits per heavy atom. The zero-order valence-corrected chi connectivity index (χ0v) is 15.6. The molecule has 1 aliphatic rings. The van der Waals surface area contributed by atoms with Gasteiger partial charge in [0.2, 0.25) is 5.91 Å². The highest BCUT2D eigenvalue weighted by molar-refractivity contribution is 6.10. The van der Waals surface area contributed by atoms with Crippen molar-refractivity contribution in [3.63, 3.8) is 0 Å². The number of nitro benzene ring substituents is 1. The van der Waals surface area contributed by atoms with Crippen molar-refractivity contribution in [3.05, 3.63) is 81.9 Å². The van der Waals surface area contributed by atoms with Crippen LogP contribution in [-0.4, -0.2) is 45.8 Å². The molecule has 0 spiro atoms. The number of hydrogen-bond acceptors (Lipinski definition) is 4. The summed E-state index contributed by atoms with van der Waals surface area (Å²) in [6.45, 7) is 0.855. The van der Waals surface area contributed by atoms with Crippen LogP contribution in [0.3, 0.4) is 0 Å². The summed E-state index contributed by atoms with van der Waals surface area (Å²) in [5.41, 5.74) is 0.566. The standard InChI is InChI=1S/C20H16F3N3O4/c1-13-15-7-3-4-8-16(15)19(28)25(13)11-18(27)24(12-20(21,22)23)10-14-6-2-5-9-17(14)26(29)30/h2-9H,1,10-12H2. The number of halogens is 3. The summed E-state index contributed by atoms with van der Waals surface area (Å²) >= 11 is 0. The molecule has 0 aromatic heterocycles. The first-order valence-electron chi connectivity index (χ1n) is 8.75. The first-order valence-corrected chi connectivity index (χ1v) is 8.75. The summed E-state index contributed by atoms with van der Waals surface area (Å²) in [6.07, 6.45) is -4.73. The predicted octanol–water partition coefficient (Wildman–Crippen LogP) is 3.61. The fourth-order valence-corrected chi connectivity index (χ4v) is 3.21. The third-order valence-corrected chi connectivity index (χ3v) is 4.61. The van der Waals surface area contributed by atoms with Gasteiger partial charge in [-0.15, -0.1) is 0 Å². The number of fused-ring (bicyclic) bond motifs is 1. The van der Waals surface area contributed by atoms with Gasteiger partial charge in [-0.25, -0.2) is 0 Å². The molecule has 0 bridgehead atoms. The number of para-hydroxylation sites is 1. The lowest BCUT2D eigenvalue weighted by Crippen LogP contribution is -2.44. The fraction of sp³-hybridized carbons (Fsp3) is 0.200. The lowest BCUT2D eigenvalue weighted by Gasteiger charge is -2.26. The number of nitro groups is 1. The first kappa shape index (κ1) is 21.0. The molecular formula is C20H16F3N3O4. The van der Waals surface area contributed by atoms with Gasteiger partial charge in [0.1, 0.15) is 13.1 Å². The summed E-state index contributed by atoms with van der Waals surface area (Å²) in [5, 5.41) is 11.2. The largest absolute Gasteiger partial charge is 0.406 e. The minimum absolute atomic E-state index is 0.0463. The zero-order valence-electron chi connectivity index (χ0n) is 15.6. The molecule has 2 aromatic rings. The molecule has 2 aromatic carbocycles. The number of nitrogens with zero attached hydrogens (tertiary/aromatic N) is 3. The maximum atomic E-state index is 13.1. The number of benzene rings is 2. The molecule has 10 heteroatoms. The summed E-state index contributed by atoms with van der Waals surface area (Å²) in [4.78, 5) is 37.2. The lowest BCUT2D eigenvalue weighted by atomic mass is 10.1. The zero-order chi connectivity index (χ0) is 22.1. The Labute approximate surface area is 169 Å². The van der Waals surface area contributed by atoms with Gasteiger partial charge in [-0.1, -0.05) is 43.0 Å². The molecule has 30 heavy (non-hydrogen) atoms. The summed E-state index contributed by atoms with van der Waals surface area (Å²) in [7, 11) is 0. The molecule has 1 heterocycles. The summed E-state index contributed by atoms with van der Waals surface area (Å²) in [5.74, 6) is -1.55. The van der Waals surface area contributed by atoms with Gasteiger partial charge in [0.15, 0.2) is 0 Å². The topological polar surface area (TPSA) is 83.8 Å². The van der Waals surface area contributed by atoms with Crippen molar-refractivity contribution in [1.29, 1.82) is 0 Å². The Morgan fingerprint density at radius 1 is 1.10 bits per heavy atom. The monoisotopic (exact) mass is 419 g/mol. The van der Waals surface area contributed by atoms with E-state index >= 15 is 0 Å². The second-order valence-electron chi connectivity index (χ2n) is 6.63. The Hall–Kier alpha value is -3.69. The van der Waals surface area contributed by atoms with Gasteiger partial charge < -0.3 is 4.90 Å². The Bertz CT molecular complexity index is 1000. The predicted molar refractivity (Wildman–Crippen MR) is 101 cm³/mol. The third kappa shape index (κ3) is 4.32. The van der Waals surface area contributed by atoms with E-state index in [0.29, 0.717) is 16.0 Å². The molecule has 7 nitrogen and oxygen atoms in total. The van der Waals surface area contributed by atoms with E-state index in [1.54, 1.807) is 18.2 Å². The lowest BCUT2D eigenvalue weighted by molar-refractivity contribution is -0.385. The first-order chi connectivity index (χ1) is 14.1. The van der Waals surface area contributed by atoms with E-state index in [1.165, 1.54) is 24.3 Å². The Kier molecular flexibility index (Phi) is 5.59. The van der Waals surface area contributed by atoms with Crippen molar-refractivity contribution in [1.82, 2.24) is 9.80 Å². The molecule has 3 rings (SSSR count). The van der Waals surface area contributed by atoms with Crippen LogP contribution in [0.15, 0.2) is 55.1 Å². The number of carbonyl (C=O) groups is 2. The summed E-state index contributed by atoms with van der Waals surface area (Å²) in [6, 6.07) is 11.7. The van der Waals surface area contributed by atoms with Crippen LogP contribution >= 0.6 is 0 Å². The Morgan fingerprint density at radius 2 is 1.70 bits per heavy atom. The number of amides is 2. The fourth-order valence-electron chi connectivity index (χ4n) is 3.21. The molecule has 0 atom stereocenters. The number of rotatable bonds is 6. The molecule has 0 saturated heterocycles. The van der Waals surface area contributed by atoms with Crippen LogP contribution in [0.4, 0.5) is 18.9 Å². The van der Waals surface area contributed by atoms with Gasteiger partial charge in [0.25, 0.3) is 11.6 Å². The van der Waals surface area contributed by atoms with Gasteiger partial charge in [0.05, 0.1) is 11.5 Å². The van der Waals surface area contributed by atoms with Crippen molar-refractivity contribution in [3.8, 4) is 0 Å². The average Bonchev–Trinajstić information content (AvgIpc) is 2.92. The second kappa shape index (κ2) is 7.97. The van der Waals surface area contributed by atoms with Gasteiger partial charge in [-0.05, 0) is 6.07 Å². The van der Waals surface area contributed by atoms with Crippen LogP contribution in [0.25, 0.3) is 5.70 Å². The smallest absolute Gasteiger partial charge is 0.327 e. The molecule has 0 radical (unpaired) electrons. The quantitative estimate of drug-likeness (QED) is 0.529. The molecule has 0 saturated carbocycles. The summed E-state index contributed by atoms with van der Waals surface area (Å²) < 4.78 is 39.3. The van der Waals surface area contributed by atoms with Crippen molar-refractivity contribution >= 4 is 23.2 Å². The highest BCUT2D eigenvalue weighted by Crippen LogP contribution is 2.31. The van der Waals surface area contributed by atoms with Crippen molar-refractivity contribution in [2.45, 2.75) is 12.7 Å². The minimum atomic E-state index is -4.73. The normalized spacial score (nSPS) is 13.4. The SMILES string of the molecule is C=C1c2ccccc2C(=O)N1CC(=O)N(Cc1ccccc1[N+](=O)[O-])CC(F)(F)F. The molecule has 2 amide bonds. The third-order valence-electron chi connectivity index (χ3n) is 4.61. The van der Waals surface area contributed by atoms with Crippen LogP contribution in [0.2, 0.25) is 0 Å². The highest BCUT2D eigenvalue weighted by atomic mass is 19.4. The van der Waals surface area contributed by atoms with Crippen LogP contribution in [0.1, 0.15) is 21.5 Å². The van der Waals surface area contributed by atoms with Crippen molar-refractivity contribution < 1.29 is 27.7 Å². The molecule has 0 fully saturated rings. The van der Waals surface area contributed by atoms with E-state index in [1.807, 2.05) is 0 Å². The molecule has 156 valence electrons. The maximum Gasteiger partial charge on any atom is 0.406 e. The molecule has 0 N–H and O–H groups in total. The average molecular weight is 419 g/mol. The molecular weight excluding hydrogens is 403 g/mol. The molecule has 0 unspecified atom stereocenters. The highest BCUT2D eigenvalue weighted by Gasteiger charge is 2.37. The van der Waals surface area contributed by atoms with Crippen molar-refractivity contribution in [2.75, 3.05) is 13.1 Å². The maximum absolute atomic E-state index is 13.1. The van der Waals surface area contributed by atoms with Crippen LogP contribution < -0.4 is 0 Å². The van der Waals surface area contributed by atoms with E-state index in [2.05, 4.69) is 6.58 Å². The number of alkyl halides is 3. The van der Waals surface area contributed by atoms with E-state index in [-0.39, 0.29) is 11.3 Å². The van der Waals surface area contributed by atoms with E-state index in [4.69, 9.17) is 0 Å². The second-order valence-corrected chi connectivity index (χ2v) is 6.63. The van der Waals surface area contributed by atoms with Crippen LogP contribution in [-0.2, 0) is 11.3 Å². The van der Waals surface area contributed by atoms with Crippen LogP contribution in [0.5, 0.6) is 0 Å². The van der Waals surface area contributed by atoms with Crippen molar-refractivity contribution in [2.24, 2.45) is 0 Å². The molecule has 0 aliphatic carbocycles. The molecule has 1 aliphatic heterocycles. The number of carbonyl (C=O) groups excluding carboxylic acids is 2. The van der Waals surface area contributed by atoms with Gasteiger partial charge >= 0.3 is 6.18 Å². The Balaban J connectivity index is 1.85.